The number of ketones is 1. The summed E-state index contributed by atoms with van der Waals surface area (Å²) in [5.74, 6) is 0.917. The highest BCUT2D eigenvalue weighted by molar-refractivity contribution is 6.01. The number of ether oxygens (including phenoxy) is 1. The molecule has 4 heteroatoms. The number of piperidine rings is 1. The number of amides is 1. The van der Waals surface area contributed by atoms with Crippen molar-refractivity contribution in [3.05, 3.63) is 41.0 Å². The van der Waals surface area contributed by atoms with E-state index in [0.717, 1.165) is 16.7 Å². The third kappa shape index (κ3) is 2.90. The Morgan fingerprint density at radius 3 is 2.61 bits per heavy atom. The molecule has 1 aromatic rings. The molecule has 0 aromatic heterocycles. The largest absolute Gasteiger partial charge is 0.486 e. The van der Waals surface area contributed by atoms with E-state index < -0.39 is 5.60 Å². The van der Waals surface area contributed by atoms with Gasteiger partial charge in [-0.1, -0.05) is 12.1 Å². The second kappa shape index (κ2) is 5.84. The molecule has 2 heterocycles. The highest BCUT2D eigenvalue weighted by Crippen LogP contribution is 2.41. The van der Waals surface area contributed by atoms with E-state index in [1.165, 1.54) is 0 Å². The number of likely N-dealkylation sites (tertiary alicyclic amines) is 1. The molecule has 0 bridgehead atoms. The Morgan fingerprint density at radius 1 is 1.26 bits per heavy atom. The molecule has 2 aliphatic heterocycles. The highest BCUT2D eigenvalue weighted by Gasteiger charge is 2.43. The topological polar surface area (TPSA) is 46.6 Å². The van der Waals surface area contributed by atoms with Gasteiger partial charge in [-0.25, -0.2) is 0 Å². The smallest absolute Gasteiger partial charge is 0.246 e. The van der Waals surface area contributed by atoms with Crippen LogP contribution < -0.4 is 4.74 Å². The van der Waals surface area contributed by atoms with Crippen LogP contribution in [0.2, 0.25) is 0 Å². The van der Waals surface area contributed by atoms with Crippen LogP contribution in [0.4, 0.5) is 0 Å². The van der Waals surface area contributed by atoms with Crippen molar-refractivity contribution in [1.29, 1.82) is 0 Å². The van der Waals surface area contributed by atoms with Crippen LogP contribution in [0.1, 0.15) is 47.7 Å². The highest BCUT2D eigenvalue weighted by atomic mass is 16.5. The summed E-state index contributed by atoms with van der Waals surface area (Å²) in [6, 6.07) is 3.98. The Morgan fingerprint density at radius 2 is 1.96 bits per heavy atom. The minimum atomic E-state index is -0.447. The predicted molar refractivity (Wildman–Crippen MR) is 88.9 cm³/mol. The molecule has 0 radical (unpaired) electrons. The van der Waals surface area contributed by atoms with Crippen molar-refractivity contribution in [3.63, 3.8) is 0 Å². The molecule has 0 atom stereocenters. The maximum absolute atomic E-state index is 12.6. The first-order valence-corrected chi connectivity index (χ1v) is 8.19. The van der Waals surface area contributed by atoms with Crippen LogP contribution in [-0.4, -0.2) is 35.3 Å². The van der Waals surface area contributed by atoms with Gasteiger partial charge in [-0.2, -0.15) is 0 Å². The molecule has 0 aliphatic carbocycles. The van der Waals surface area contributed by atoms with Crippen LogP contribution >= 0.6 is 0 Å². The summed E-state index contributed by atoms with van der Waals surface area (Å²) in [7, 11) is 0. The summed E-state index contributed by atoms with van der Waals surface area (Å²) in [4.78, 5) is 26.4. The van der Waals surface area contributed by atoms with E-state index in [4.69, 9.17) is 4.74 Å². The van der Waals surface area contributed by atoms with Crippen molar-refractivity contribution < 1.29 is 14.3 Å². The maximum Gasteiger partial charge on any atom is 0.246 e. The van der Waals surface area contributed by atoms with E-state index in [0.29, 0.717) is 38.1 Å². The minimum absolute atomic E-state index is 0.0385. The molecule has 1 fully saturated rings. The minimum Gasteiger partial charge on any atom is -0.486 e. The van der Waals surface area contributed by atoms with Crippen molar-refractivity contribution in [1.82, 2.24) is 4.90 Å². The lowest BCUT2D eigenvalue weighted by atomic mass is 9.81. The quantitative estimate of drug-likeness (QED) is 0.748. The van der Waals surface area contributed by atoms with Crippen molar-refractivity contribution in [2.75, 3.05) is 13.1 Å². The van der Waals surface area contributed by atoms with Crippen molar-refractivity contribution in [2.45, 2.75) is 45.6 Å². The van der Waals surface area contributed by atoms with Crippen molar-refractivity contribution >= 4 is 11.7 Å². The molecule has 0 unspecified atom stereocenters. The van der Waals surface area contributed by atoms with Gasteiger partial charge >= 0.3 is 0 Å². The normalized spacial score (nSPS) is 19.8. The first kappa shape index (κ1) is 15.8. The van der Waals surface area contributed by atoms with Crippen LogP contribution in [-0.2, 0) is 4.79 Å². The number of fused-ring (bicyclic) bond motifs is 1. The number of carbonyl (C=O) groups is 2. The summed E-state index contributed by atoms with van der Waals surface area (Å²) in [6.45, 7) is 7.09. The third-order valence-corrected chi connectivity index (χ3v) is 4.83. The van der Waals surface area contributed by atoms with E-state index in [-0.39, 0.29) is 11.7 Å². The molecule has 0 N–H and O–H groups in total. The Bertz CT molecular complexity index is 682. The lowest BCUT2D eigenvalue weighted by molar-refractivity contribution is -0.129. The fraction of sp³-hybridized carbons (Fsp3) is 0.474. The Labute approximate surface area is 137 Å². The van der Waals surface area contributed by atoms with E-state index in [1.807, 2.05) is 37.8 Å². The molecule has 2 aliphatic rings. The van der Waals surface area contributed by atoms with Gasteiger partial charge in [0, 0.05) is 25.9 Å². The van der Waals surface area contributed by atoms with Gasteiger partial charge in [-0.15, -0.1) is 0 Å². The second-order valence-corrected chi connectivity index (χ2v) is 6.67. The lowest BCUT2D eigenvalue weighted by Gasteiger charge is -2.44. The van der Waals surface area contributed by atoms with Gasteiger partial charge in [0.1, 0.15) is 11.4 Å². The molecule has 1 saturated heterocycles. The molecule has 1 aromatic carbocycles. The number of nitrogens with zero attached hydrogens (tertiary/aromatic N) is 1. The standard InChI is InChI=1S/C19H23NO3/c1-4-5-17(22)20-8-6-19(7-9-20)12-15(21)18-14(3)10-13(2)11-16(18)23-19/h4-5,10-11H,6-9,12H2,1-3H3/b5-4+. The van der Waals surface area contributed by atoms with Gasteiger partial charge in [0.05, 0.1) is 12.0 Å². The molecule has 4 nitrogen and oxygen atoms in total. The van der Waals surface area contributed by atoms with Crippen LogP contribution in [0.25, 0.3) is 0 Å². The molecule has 3 rings (SSSR count). The van der Waals surface area contributed by atoms with Crippen LogP contribution in [0.5, 0.6) is 5.75 Å². The molecular weight excluding hydrogens is 290 g/mol. The zero-order valence-corrected chi connectivity index (χ0v) is 14.0. The van der Waals surface area contributed by atoms with Gasteiger partial charge in [0.2, 0.25) is 5.91 Å². The second-order valence-electron chi connectivity index (χ2n) is 6.67. The third-order valence-electron chi connectivity index (χ3n) is 4.83. The Kier molecular flexibility index (Phi) is 4.00. The molecule has 0 saturated carbocycles. The van der Waals surface area contributed by atoms with E-state index >= 15 is 0 Å². The average molecular weight is 313 g/mol. The Hall–Kier alpha value is -2.10. The molecular formula is C19H23NO3. The number of aryl methyl sites for hydroxylation is 2. The maximum atomic E-state index is 12.6. The van der Waals surface area contributed by atoms with Crippen molar-refractivity contribution in [3.8, 4) is 5.75 Å². The monoisotopic (exact) mass is 313 g/mol. The van der Waals surface area contributed by atoms with Gasteiger partial charge < -0.3 is 9.64 Å². The number of carbonyl (C=O) groups excluding carboxylic acids is 2. The van der Waals surface area contributed by atoms with Crippen molar-refractivity contribution in [2.24, 2.45) is 0 Å². The predicted octanol–water partition coefficient (Wildman–Crippen LogP) is 3.21. The number of allylic oxidation sites excluding steroid dienone is 1. The van der Waals surface area contributed by atoms with Gasteiger partial charge in [0.25, 0.3) is 0 Å². The molecule has 1 spiro atoms. The summed E-state index contributed by atoms with van der Waals surface area (Å²) < 4.78 is 6.30. The Balaban J connectivity index is 1.81. The van der Waals surface area contributed by atoms with Crippen LogP contribution in [0, 0.1) is 13.8 Å². The summed E-state index contributed by atoms with van der Waals surface area (Å²) in [5, 5.41) is 0. The number of benzene rings is 1. The van der Waals surface area contributed by atoms with E-state index in [2.05, 4.69) is 0 Å². The van der Waals surface area contributed by atoms with E-state index in [9.17, 15) is 9.59 Å². The number of rotatable bonds is 1. The summed E-state index contributed by atoms with van der Waals surface area (Å²) in [6.07, 6.45) is 5.17. The van der Waals surface area contributed by atoms with Crippen LogP contribution in [0.15, 0.2) is 24.3 Å². The zero-order valence-electron chi connectivity index (χ0n) is 14.0. The van der Waals surface area contributed by atoms with Gasteiger partial charge in [0.15, 0.2) is 5.78 Å². The number of Topliss-reactive ketones (excluding diaryl/α,β-unsaturated/α-hetero) is 1. The molecule has 1 amide bonds. The zero-order chi connectivity index (χ0) is 16.6. The van der Waals surface area contributed by atoms with E-state index in [1.54, 1.807) is 12.2 Å². The molecule has 122 valence electrons. The first-order valence-electron chi connectivity index (χ1n) is 8.19. The fourth-order valence-corrected chi connectivity index (χ4v) is 3.68. The van der Waals surface area contributed by atoms with Gasteiger partial charge in [-0.3, -0.25) is 9.59 Å². The summed E-state index contributed by atoms with van der Waals surface area (Å²) >= 11 is 0. The SMILES string of the molecule is C/C=C/C(=O)N1CCC2(CC1)CC(=O)c1c(C)cc(C)cc1O2. The fourth-order valence-electron chi connectivity index (χ4n) is 3.68. The number of hydrogen-bond donors (Lipinski definition) is 0. The lowest BCUT2D eigenvalue weighted by Crippen LogP contribution is -2.52. The number of hydrogen-bond acceptors (Lipinski definition) is 3. The average Bonchev–Trinajstić information content (AvgIpc) is 2.46. The van der Waals surface area contributed by atoms with Gasteiger partial charge in [-0.05, 0) is 44.0 Å². The molecule has 23 heavy (non-hydrogen) atoms. The van der Waals surface area contributed by atoms with Crippen LogP contribution in [0.3, 0.4) is 0 Å². The summed E-state index contributed by atoms with van der Waals surface area (Å²) in [5.41, 5.74) is 2.37. The first-order chi connectivity index (χ1) is 10.9.